The first kappa shape index (κ1) is 26.9. The van der Waals surface area contributed by atoms with Gasteiger partial charge in [-0.15, -0.1) is 0 Å². The molecule has 9 heteroatoms. The third-order valence-electron chi connectivity index (χ3n) is 6.63. The van der Waals surface area contributed by atoms with Crippen LogP contribution in [0.15, 0.2) is 30.3 Å². The third kappa shape index (κ3) is 6.31. The highest BCUT2D eigenvalue weighted by Gasteiger charge is 2.20. The van der Waals surface area contributed by atoms with Crippen LogP contribution < -0.4 is 20.6 Å². The van der Waals surface area contributed by atoms with Gasteiger partial charge in [0.1, 0.15) is 11.3 Å². The Morgan fingerprint density at radius 3 is 2.14 bits per heavy atom. The average Bonchev–Trinajstić information content (AvgIpc) is 2.88. The number of rotatable bonds is 14. The standard InChI is InChI=1S/C26H40N6O3/c1-6-30(7-2)16-14-27-22-12-13-23(32(33)34)26-24(22)25(28-15-17-31(8-3)9-4)20-18-19(35-5)10-11-21(20)29-26/h10-13,18,27,32-33H,6-9,14-17H2,1-5H3,(H,28,29). The maximum atomic E-state index is 12.1. The summed E-state index contributed by atoms with van der Waals surface area (Å²) in [7, 11) is 1.64. The lowest BCUT2D eigenvalue weighted by atomic mass is 10.0. The zero-order chi connectivity index (χ0) is 25.4. The van der Waals surface area contributed by atoms with Gasteiger partial charge in [0.15, 0.2) is 5.69 Å². The average molecular weight is 485 g/mol. The monoisotopic (exact) mass is 484 g/mol. The molecule has 1 aromatic heterocycles. The van der Waals surface area contributed by atoms with E-state index in [9.17, 15) is 10.4 Å². The lowest BCUT2D eigenvalue weighted by Gasteiger charge is -2.23. The van der Waals surface area contributed by atoms with Crippen molar-refractivity contribution < 1.29 is 15.2 Å². The molecule has 0 saturated carbocycles. The largest absolute Gasteiger partial charge is 0.595 e. The second kappa shape index (κ2) is 12.9. The Morgan fingerprint density at radius 1 is 0.943 bits per heavy atom. The second-order valence-electron chi connectivity index (χ2n) is 8.47. The molecule has 0 aliphatic carbocycles. The Kier molecular flexibility index (Phi) is 9.88. The Labute approximate surface area is 208 Å². The molecule has 0 radical (unpaired) electrons. The van der Waals surface area contributed by atoms with E-state index in [-0.39, 0.29) is 5.69 Å². The molecule has 1 atom stereocenters. The molecule has 0 aliphatic rings. The maximum absolute atomic E-state index is 12.1. The van der Waals surface area contributed by atoms with Gasteiger partial charge >= 0.3 is 0 Å². The van der Waals surface area contributed by atoms with Gasteiger partial charge in [0.05, 0.1) is 23.7 Å². The van der Waals surface area contributed by atoms with Crippen LogP contribution in [-0.2, 0) is 0 Å². The molecule has 35 heavy (non-hydrogen) atoms. The van der Waals surface area contributed by atoms with Crippen LogP contribution in [0.2, 0.25) is 0 Å². The van der Waals surface area contributed by atoms with E-state index in [4.69, 9.17) is 9.72 Å². The van der Waals surface area contributed by atoms with E-state index in [2.05, 4.69) is 48.1 Å². The number of hydrogen-bond acceptors (Lipinski definition) is 8. The van der Waals surface area contributed by atoms with Gasteiger partial charge in [-0.3, -0.25) is 0 Å². The van der Waals surface area contributed by atoms with Crippen LogP contribution in [0.25, 0.3) is 21.8 Å². The van der Waals surface area contributed by atoms with Gasteiger partial charge in [-0.25, -0.2) is 10.2 Å². The first-order valence-electron chi connectivity index (χ1n) is 12.6. The molecule has 9 nitrogen and oxygen atoms in total. The van der Waals surface area contributed by atoms with Crippen LogP contribution in [-0.4, -0.2) is 79.5 Å². The second-order valence-corrected chi connectivity index (χ2v) is 8.47. The predicted molar refractivity (Wildman–Crippen MR) is 144 cm³/mol. The number of anilines is 2. The van der Waals surface area contributed by atoms with Crippen LogP contribution in [0, 0.1) is 5.21 Å². The summed E-state index contributed by atoms with van der Waals surface area (Å²) >= 11 is 0. The number of quaternary nitrogens is 1. The predicted octanol–water partition coefficient (Wildman–Crippen LogP) is 3.31. The van der Waals surface area contributed by atoms with Gasteiger partial charge in [-0.05, 0) is 50.4 Å². The van der Waals surface area contributed by atoms with Crippen molar-refractivity contribution >= 4 is 38.9 Å². The quantitative estimate of drug-likeness (QED) is 0.204. The summed E-state index contributed by atoms with van der Waals surface area (Å²) in [5.41, 5.74) is 3.16. The third-order valence-corrected chi connectivity index (χ3v) is 6.63. The fourth-order valence-corrected chi connectivity index (χ4v) is 4.43. The Bertz CT molecular complexity index is 1100. The van der Waals surface area contributed by atoms with E-state index in [1.807, 2.05) is 24.3 Å². The minimum Gasteiger partial charge on any atom is -0.595 e. The molecule has 192 valence electrons. The normalized spacial score (nSPS) is 12.6. The van der Waals surface area contributed by atoms with Crippen LogP contribution >= 0.6 is 0 Å². The fraction of sp³-hybridized carbons (Fsp3) is 0.500. The van der Waals surface area contributed by atoms with Crippen molar-refractivity contribution in [3.05, 3.63) is 35.5 Å². The van der Waals surface area contributed by atoms with E-state index in [1.54, 1.807) is 13.2 Å². The molecule has 1 heterocycles. The minimum absolute atomic E-state index is 0.193. The highest BCUT2D eigenvalue weighted by Crippen LogP contribution is 2.39. The summed E-state index contributed by atoms with van der Waals surface area (Å²) in [4.78, 5) is 9.51. The highest BCUT2D eigenvalue weighted by molar-refractivity contribution is 6.15. The summed E-state index contributed by atoms with van der Waals surface area (Å²) in [6.45, 7) is 15.8. The van der Waals surface area contributed by atoms with E-state index in [1.165, 1.54) is 0 Å². The SMILES string of the molecule is CCN(CC)CCNc1ccc([NH+]([O-])O)c2nc3ccc(OC)cc3c(NCCN(CC)CC)c12. The zero-order valence-electron chi connectivity index (χ0n) is 21.6. The summed E-state index contributed by atoms with van der Waals surface area (Å²) in [6, 6.07) is 9.21. The lowest BCUT2D eigenvalue weighted by molar-refractivity contribution is -0.990. The number of likely N-dealkylation sites (N-methyl/N-ethyl adjacent to an activating group) is 2. The van der Waals surface area contributed by atoms with Crippen molar-refractivity contribution in [1.29, 1.82) is 0 Å². The number of fused-ring (bicyclic) bond motifs is 2. The Balaban J connectivity index is 2.15. The van der Waals surface area contributed by atoms with Crippen LogP contribution in [0.1, 0.15) is 27.7 Å². The molecule has 1 unspecified atom stereocenters. The van der Waals surface area contributed by atoms with Crippen LogP contribution in [0.5, 0.6) is 5.75 Å². The number of ether oxygens (including phenoxy) is 1. The highest BCUT2D eigenvalue weighted by atomic mass is 16.8. The number of nitrogens with zero attached hydrogens (tertiary/aromatic N) is 3. The number of hydrogen-bond donors (Lipinski definition) is 4. The van der Waals surface area contributed by atoms with Crippen molar-refractivity contribution in [2.75, 3.05) is 70.1 Å². The lowest BCUT2D eigenvalue weighted by Crippen LogP contribution is -2.99. The van der Waals surface area contributed by atoms with Gasteiger partial charge in [0, 0.05) is 43.3 Å². The number of benzene rings is 2. The molecule has 0 saturated heterocycles. The number of methoxy groups -OCH3 is 1. The molecule has 0 aliphatic heterocycles. The molecule has 4 N–H and O–H groups in total. The summed E-state index contributed by atoms with van der Waals surface area (Å²) in [5.74, 6) is 0.732. The number of aromatic nitrogens is 1. The van der Waals surface area contributed by atoms with Crippen LogP contribution in [0.4, 0.5) is 17.1 Å². The molecule has 0 amide bonds. The van der Waals surface area contributed by atoms with Crippen molar-refractivity contribution in [3.63, 3.8) is 0 Å². The van der Waals surface area contributed by atoms with Crippen molar-refractivity contribution in [1.82, 2.24) is 14.8 Å². The topological polar surface area (TPSA) is 100 Å². The van der Waals surface area contributed by atoms with Crippen molar-refractivity contribution in [2.45, 2.75) is 27.7 Å². The number of pyridine rings is 1. The van der Waals surface area contributed by atoms with Gasteiger partial charge < -0.3 is 30.4 Å². The maximum Gasteiger partial charge on any atom is 0.190 e. The molecule has 0 spiro atoms. The van der Waals surface area contributed by atoms with Gasteiger partial charge in [0.2, 0.25) is 0 Å². The first-order chi connectivity index (χ1) is 17.0. The first-order valence-corrected chi connectivity index (χ1v) is 12.6. The summed E-state index contributed by atoms with van der Waals surface area (Å²) in [5, 5.41) is 29.9. The van der Waals surface area contributed by atoms with Gasteiger partial charge in [-0.2, -0.15) is 5.23 Å². The Hall–Kier alpha value is -2.69. The van der Waals surface area contributed by atoms with E-state index < -0.39 is 5.23 Å². The molecule has 3 rings (SSSR count). The van der Waals surface area contributed by atoms with E-state index >= 15 is 0 Å². The van der Waals surface area contributed by atoms with E-state index in [0.29, 0.717) is 5.52 Å². The summed E-state index contributed by atoms with van der Waals surface area (Å²) in [6.07, 6.45) is 0. The molecule has 3 aromatic rings. The van der Waals surface area contributed by atoms with Gasteiger partial charge in [0.25, 0.3) is 0 Å². The molecular weight excluding hydrogens is 444 g/mol. The molecule has 0 bridgehead atoms. The van der Waals surface area contributed by atoms with Crippen molar-refractivity contribution in [2.24, 2.45) is 0 Å². The smallest absolute Gasteiger partial charge is 0.190 e. The molecule has 2 aromatic carbocycles. The molecule has 0 fully saturated rings. The zero-order valence-corrected chi connectivity index (χ0v) is 21.6. The number of nitrogens with one attached hydrogen (secondary N) is 3. The summed E-state index contributed by atoms with van der Waals surface area (Å²) < 4.78 is 5.50. The fourth-order valence-electron chi connectivity index (χ4n) is 4.43. The minimum atomic E-state index is -0.987. The van der Waals surface area contributed by atoms with Gasteiger partial charge in [-0.1, -0.05) is 27.7 Å². The Morgan fingerprint density at radius 2 is 1.57 bits per heavy atom. The molecular formula is C26H40N6O3. The van der Waals surface area contributed by atoms with Crippen molar-refractivity contribution in [3.8, 4) is 5.75 Å². The van der Waals surface area contributed by atoms with E-state index in [0.717, 1.165) is 85.8 Å². The van der Waals surface area contributed by atoms with Crippen LogP contribution in [0.3, 0.4) is 0 Å².